The molecule has 0 heterocycles. The van der Waals surface area contributed by atoms with E-state index in [0.717, 1.165) is 25.0 Å². The Labute approximate surface area is 126 Å². The Morgan fingerprint density at radius 1 is 1.40 bits per heavy atom. The Bertz CT molecular complexity index is 619. The highest BCUT2D eigenvalue weighted by molar-refractivity contribution is 8.13. The van der Waals surface area contributed by atoms with Crippen LogP contribution in [0.3, 0.4) is 0 Å². The minimum atomic E-state index is -4.31. The highest BCUT2D eigenvalue weighted by atomic mass is 35.7. The molecule has 0 aliphatic rings. The van der Waals surface area contributed by atoms with Crippen molar-refractivity contribution < 1.29 is 17.6 Å². The van der Waals surface area contributed by atoms with Crippen molar-refractivity contribution in [1.29, 1.82) is 0 Å². The third kappa shape index (κ3) is 4.07. The molecular formula is C12H14Cl2FNO3S. The van der Waals surface area contributed by atoms with Gasteiger partial charge in [0.1, 0.15) is 4.90 Å². The van der Waals surface area contributed by atoms with Crippen molar-refractivity contribution in [3.63, 3.8) is 0 Å². The molecule has 4 nitrogen and oxygen atoms in total. The number of carbonyl (C=O) groups excluding carboxylic acids is 1. The maximum Gasteiger partial charge on any atom is 0.264 e. The van der Waals surface area contributed by atoms with Crippen molar-refractivity contribution in [2.45, 2.75) is 24.7 Å². The molecule has 1 amide bonds. The fourth-order valence-electron chi connectivity index (χ4n) is 1.60. The van der Waals surface area contributed by atoms with Crippen molar-refractivity contribution in [3.8, 4) is 0 Å². The van der Waals surface area contributed by atoms with Crippen LogP contribution < -0.4 is 0 Å². The van der Waals surface area contributed by atoms with Crippen molar-refractivity contribution in [2.24, 2.45) is 0 Å². The van der Waals surface area contributed by atoms with E-state index in [4.69, 9.17) is 22.3 Å². The summed E-state index contributed by atoms with van der Waals surface area (Å²) in [5, 5.41) is -0.0714. The van der Waals surface area contributed by atoms with Gasteiger partial charge in [-0.3, -0.25) is 4.79 Å². The Hall–Kier alpha value is -0.850. The van der Waals surface area contributed by atoms with E-state index in [2.05, 4.69) is 0 Å². The van der Waals surface area contributed by atoms with Crippen molar-refractivity contribution in [1.82, 2.24) is 4.90 Å². The molecule has 0 saturated heterocycles. The highest BCUT2D eigenvalue weighted by Crippen LogP contribution is 2.27. The number of hydrogen-bond donors (Lipinski definition) is 0. The van der Waals surface area contributed by atoms with Crippen LogP contribution in [0.4, 0.5) is 4.39 Å². The lowest BCUT2D eigenvalue weighted by Gasteiger charge is -2.17. The first-order chi connectivity index (χ1) is 9.18. The molecule has 112 valence electrons. The quantitative estimate of drug-likeness (QED) is 0.772. The van der Waals surface area contributed by atoms with E-state index in [0.29, 0.717) is 6.54 Å². The molecule has 0 aromatic heterocycles. The van der Waals surface area contributed by atoms with Crippen LogP contribution in [0.2, 0.25) is 5.02 Å². The molecule has 20 heavy (non-hydrogen) atoms. The topological polar surface area (TPSA) is 54.5 Å². The van der Waals surface area contributed by atoms with Crippen LogP contribution in [0.1, 0.15) is 30.1 Å². The van der Waals surface area contributed by atoms with Gasteiger partial charge in [0, 0.05) is 29.3 Å². The molecule has 0 bridgehead atoms. The van der Waals surface area contributed by atoms with E-state index in [1.807, 2.05) is 6.92 Å². The van der Waals surface area contributed by atoms with Gasteiger partial charge in [-0.2, -0.15) is 0 Å². The number of rotatable bonds is 5. The summed E-state index contributed by atoms with van der Waals surface area (Å²) >= 11 is 5.72. The van der Waals surface area contributed by atoms with Crippen molar-refractivity contribution in [3.05, 3.63) is 28.5 Å². The highest BCUT2D eigenvalue weighted by Gasteiger charge is 2.25. The second-order valence-corrected chi connectivity index (χ2v) is 7.25. The third-order valence-corrected chi connectivity index (χ3v) is 4.23. The number of halogens is 3. The minimum Gasteiger partial charge on any atom is -0.342 e. The van der Waals surface area contributed by atoms with E-state index in [1.54, 1.807) is 0 Å². The molecule has 0 spiro atoms. The van der Waals surface area contributed by atoms with Gasteiger partial charge in [-0.05, 0) is 18.6 Å². The monoisotopic (exact) mass is 341 g/mol. The summed E-state index contributed by atoms with van der Waals surface area (Å²) in [5.41, 5.74) is -0.407. The van der Waals surface area contributed by atoms with Gasteiger partial charge in [-0.15, -0.1) is 0 Å². The first-order valence-electron chi connectivity index (χ1n) is 5.87. The molecule has 0 aliphatic carbocycles. The summed E-state index contributed by atoms with van der Waals surface area (Å²) in [5.74, 6) is -1.82. The lowest BCUT2D eigenvalue weighted by atomic mass is 10.2. The molecule has 0 saturated carbocycles. The second kappa shape index (κ2) is 6.74. The molecule has 0 radical (unpaired) electrons. The van der Waals surface area contributed by atoms with Crippen molar-refractivity contribution in [2.75, 3.05) is 13.6 Å². The third-order valence-electron chi connectivity index (χ3n) is 2.69. The molecule has 0 unspecified atom stereocenters. The number of unbranched alkanes of at least 4 members (excludes halogenated alkanes) is 1. The lowest BCUT2D eigenvalue weighted by Crippen LogP contribution is -2.28. The Kier molecular flexibility index (Phi) is 5.79. The van der Waals surface area contributed by atoms with E-state index < -0.39 is 31.2 Å². The number of hydrogen-bond acceptors (Lipinski definition) is 3. The second-order valence-electron chi connectivity index (χ2n) is 4.28. The number of amides is 1. The van der Waals surface area contributed by atoms with Crippen molar-refractivity contribution >= 4 is 37.2 Å². The number of nitrogens with zero attached hydrogens (tertiary/aromatic N) is 1. The largest absolute Gasteiger partial charge is 0.342 e. The van der Waals surface area contributed by atoms with E-state index in [1.165, 1.54) is 11.9 Å². The zero-order valence-corrected chi connectivity index (χ0v) is 13.3. The van der Waals surface area contributed by atoms with Gasteiger partial charge in [0.25, 0.3) is 15.0 Å². The van der Waals surface area contributed by atoms with Crippen LogP contribution in [0.5, 0.6) is 0 Å². The van der Waals surface area contributed by atoms with Gasteiger partial charge in [0.2, 0.25) is 0 Å². The van der Waals surface area contributed by atoms with Gasteiger partial charge >= 0.3 is 0 Å². The number of carbonyl (C=O) groups is 1. The summed E-state index contributed by atoms with van der Waals surface area (Å²) in [4.78, 5) is 12.6. The summed E-state index contributed by atoms with van der Waals surface area (Å²) in [7, 11) is 2.32. The molecule has 8 heteroatoms. The van der Waals surface area contributed by atoms with Crippen LogP contribution in [0, 0.1) is 5.82 Å². The molecule has 1 rings (SSSR count). The van der Waals surface area contributed by atoms with Gasteiger partial charge < -0.3 is 4.90 Å². The normalized spacial score (nSPS) is 11.4. The van der Waals surface area contributed by atoms with Crippen LogP contribution >= 0.6 is 22.3 Å². The summed E-state index contributed by atoms with van der Waals surface area (Å²) < 4.78 is 36.6. The Balaban J connectivity index is 3.26. The SMILES string of the molecule is CCCCN(C)C(=O)c1cc(Cl)cc(S(=O)(=O)Cl)c1F. The fourth-order valence-corrected chi connectivity index (χ4v) is 2.81. The molecule has 0 aliphatic heterocycles. The fraction of sp³-hybridized carbons (Fsp3) is 0.417. The van der Waals surface area contributed by atoms with E-state index in [-0.39, 0.29) is 5.02 Å². The summed E-state index contributed by atoms with van der Waals surface area (Å²) in [6.07, 6.45) is 1.63. The summed E-state index contributed by atoms with van der Waals surface area (Å²) in [6.45, 7) is 2.39. The molecule has 0 fully saturated rings. The summed E-state index contributed by atoms with van der Waals surface area (Å²) in [6, 6.07) is 1.97. The van der Waals surface area contributed by atoms with Crippen LogP contribution in [-0.4, -0.2) is 32.8 Å². The molecule has 1 aromatic rings. The smallest absolute Gasteiger partial charge is 0.264 e. The standard InChI is InChI=1S/C12H14Cl2FNO3S/c1-3-4-5-16(2)12(17)9-6-8(13)7-10(11(9)15)20(14,18)19/h6-7H,3-5H2,1-2H3. The molecule has 1 aromatic carbocycles. The Morgan fingerprint density at radius 2 is 2.00 bits per heavy atom. The first kappa shape index (κ1) is 17.2. The predicted molar refractivity (Wildman–Crippen MR) is 76.3 cm³/mol. The van der Waals surface area contributed by atoms with Gasteiger partial charge in [-0.1, -0.05) is 24.9 Å². The van der Waals surface area contributed by atoms with Crippen LogP contribution in [0.15, 0.2) is 17.0 Å². The number of benzene rings is 1. The average Bonchev–Trinajstić information content (AvgIpc) is 2.36. The average molecular weight is 342 g/mol. The zero-order chi connectivity index (χ0) is 15.5. The van der Waals surface area contributed by atoms with E-state index >= 15 is 0 Å². The maximum atomic E-state index is 14.1. The minimum absolute atomic E-state index is 0.0714. The first-order valence-corrected chi connectivity index (χ1v) is 8.56. The van der Waals surface area contributed by atoms with Gasteiger partial charge in [0.15, 0.2) is 5.82 Å². The Morgan fingerprint density at radius 3 is 2.50 bits per heavy atom. The van der Waals surface area contributed by atoms with Gasteiger partial charge in [-0.25, -0.2) is 12.8 Å². The van der Waals surface area contributed by atoms with E-state index in [9.17, 15) is 17.6 Å². The van der Waals surface area contributed by atoms with Gasteiger partial charge in [0.05, 0.1) is 5.56 Å². The maximum absolute atomic E-state index is 14.1. The molecule has 0 N–H and O–H groups in total. The predicted octanol–water partition coefficient (Wildman–Crippen LogP) is 3.28. The lowest BCUT2D eigenvalue weighted by molar-refractivity contribution is 0.0788. The zero-order valence-electron chi connectivity index (χ0n) is 11.0. The molecule has 0 atom stereocenters. The molecular weight excluding hydrogens is 328 g/mol. The van der Waals surface area contributed by atoms with Crippen LogP contribution in [-0.2, 0) is 9.05 Å². The van der Waals surface area contributed by atoms with Crippen LogP contribution in [0.25, 0.3) is 0 Å².